The Morgan fingerprint density at radius 3 is 2.86 bits per heavy atom. The molecule has 0 heterocycles. The molecule has 1 amide bonds. The van der Waals surface area contributed by atoms with Crippen molar-refractivity contribution in [1.82, 2.24) is 5.32 Å². The van der Waals surface area contributed by atoms with Crippen molar-refractivity contribution in [1.29, 1.82) is 0 Å². The second kappa shape index (κ2) is 8.02. The third-order valence-corrected chi connectivity index (χ3v) is 4.77. The number of hydrogen-bond donors (Lipinski definition) is 1. The summed E-state index contributed by atoms with van der Waals surface area (Å²) in [6.45, 7) is 3.23. The van der Waals surface area contributed by atoms with Gasteiger partial charge in [0.15, 0.2) is 0 Å². The minimum atomic E-state index is -0.220. The van der Waals surface area contributed by atoms with Gasteiger partial charge in [0.2, 0.25) is 0 Å². The monoisotopic (exact) mass is 329 g/mol. The first-order valence-corrected chi connectivity index (χ1v) is 8.19. The summed E-state index contributed by atoms with van der Waals surface area (Å²) in [4.78, 5) is 12.0. The van der Waals surface area contributed by atoms with E-state index in [1.165, 1.54) is 19.3 Å². The van der Waals surface area contributed by atoms with E-state index in [2.05, 4.69) is 12.2 Å². The summed E-state index contributed by atoms with van der Waals surface area (Å²) in [6, 6.07) is 5.03. The van der Waals surface area contributed by atoms with E-state index in [0.29, 0.717) is 40.8 Å². The van der Waals surface area contributed by atoms with Crippen molar-refractivity contribution in [3.8, 4) is 0 Å². The molecule has 0 aromatic heterocycles. The van der Waals surface area contributed by atoms with Gasteiger partial charge >= 0.3 is 0 Å². The predicted octanol–water partition coefficient (Wildman–Crippen LogP) is 4.32. The molecule has 0 unspecified atom stereocenters. The number of rotatable bonds is 5. The van der Waals surface area contributed by atoms with Crippen LogP contribution in [0, 0.1) is 5.92 Å². The van der Waals surface area contributed by atoms with E-state index in [1.807, 2.05) is 0 Å². The van der Waals surface area contributed by atoms with Crippen LogP contribution in [0.1, 0.15) is 43.0 Å². The molecule has 1 aliphatic carbocycles. The summed E-state index contributed by atoms with van der Waals surface area (Å²) in [7, 11) is 0. The van der Waals surface area contributed by atoms with Crippen LogP contribution in [0.5, 0.6) is 0 Å². The van der Waals surface area contributed by atoms with Crippen LogP contribution in [0.3, 0.4) is 0 Å². The number of hydrogen-bond acceptors (Lipinski definition) is 2. The zero-order valence-electron chi connectivity index (χ0n) is 12.2. The second-order valence-electron chi connectivity index (χ2n) is 5.53. The van der Waals surface area contributed by atoms with Crippen LogP contribution in [0.15, 0.2) is 18.2 Å². The number of halogens is 2. The summed E-state index contributed by atoms with van der Waals surface area (Å²) in [5.41, 5.74) is 0.398. The van der Waals surface area contributed by atoms with Gasteiger partial charge in [-0.2, -0.15) is 0 Å². The third-order valence-electron chi connectivity index (χ3n) is 3.95. The van der Waals surface area contributed by atoms with Crippen LogP contribution in [0.2, 0.25) is 10.0 Å². The number of carbonyl (C=O) groups excluding carboxylic acids is 1. The summed E-state index contributed by atoms with van der Waals surface area (Å²) in [5, 5.41) is 3.49. The first kappa shape index (κ1) is 16.6. The zero-order valence-corrected chi connectivity index (χ0v) is 13.7. The van der Waals surface area contributed by atoms with Gasteiger partial charge in [0, 0.05) is 6.54 Å². The number of benzene rings is 1. The first-order valence-electron chi connectivity index (χ1n) is 7.43. The molecule has 2 atom stereocenters. The molecular weight excluding hydrogens is 309 g/mol. The highest BCUT2D eigenvalue weighted by atomic mass is 35.5. The van der Waals surface area contributed by atoms with Gasteiger partial charge in [-0.15, -0.1) is 0 Å². The van der Waals surface area contributed by atoms with Gasteiger partial charge in [-0.1, -0.05) is 49.0 Å². The number of nitrogens with one attached hydrogen (secondary N) is 1. The Hall–Kier alpha value is -0.770. The van der Waals surface area contributed by atoms with Gasteiger partial charge in [-0.3, -0.25) is 4.79 Å². The van der Waals surface area contributed by atoms with Crippen molar-refractivity contribution in [2.75, 3.05) is 13.2 Å². The van der Waals surface area contributed by atoms with Crippen LogP contribution in [-0.4, -0.2) is 25.2 Å². The third kappa shape index (κ3) is 4.60. The minimum absolute atomic E-state index is 0.220. The van der Waals surface area contributed by atoms with E-state index in [-0.39, 0.29) is 5.91 Å². The van der Waals surface area contributed by atoms with E-state index in [1.54, 1.807) is 18.2 Å². The Kier molecular flexibility index (Phi) is 6.34. The van der Waals surface area contributed by atoms with E-state index in [4.69, 9.17) is 27.9 Å². The number of carbonyl (C=O) groups is 1. The molecule has 1 aromatic carbocycles. The average Bonchev–Trinajstić information content (AvgIpc) is 2.48. The lowest BCUT2D eigenvalue weighted by Crippen LogP contribution is -2.31. The molecule has 3 nitrogen and oxygen atoms in total. The molecule has 0 spiro atoms. The topological polar surface area (TPSA) is 38.3 Å². The van der Waals surface area contributed by atoms with Gasteiger partial charge in [0.25, 0.3) is 5.91 Å². The quantitative estimate of drug-likeness (QED) is 0.817. The summed E-state index contributed by atoms with van der Waals surface area (Å²) >= 11 is 11.9. The fourth-order valence-corrected chi connectivity index (χ4v) is 3.07. The highest BCUT2D eigenvalue weighted by Crippen LogP contribution is 2.26. The fourth-order valence-electron chi connectivity index (χ4n) is 2.68. The maximum absolute atomic E-state index is 12.0. The molecule has 5 heteroatoms. The standard InChI is InChI=1S/C16H21Cl2NO2/c1-11-5-2-3-8-14(11)21-10-9-19-16(20)12-6-4-7-13(17)15(12)18/h4,6-7,11,14H,2-3,5,8-10H2,1H3,(H,19,20)/t11-,14-/m1/s1. The van der Waals surface area contributed by atoms with Crippen LogP contribution in [0.25, 0.3) is 0 Å². The zero-order chi connectivity index (χ0) is 15.2. The normalized spacial score (nSPS) is 22.0. The lowest BCUT2D eigenvalue weighted by Gasteiger charge is -2.28. The highest BCUT2D eigenvalue weighted by molar-refractivity contribution is 6.43. The molecule has 0 saturated heterocycles. The molecule has 0 bridgehead atoms. The summed E-state index contributed by atoms with van der Waals surface area (Å²) in [5.74, 6) is 0.389. The van der Waals surface area contributed by atoms with Crippen molar-refractivity contribution >= 4 is 29.1 Å². The van der Waals surface area contributed by atoms with E-state index >= 15 is 0 Å². The molecule has 0 aliphatic heterocycles. The molecule has 21 heavy (non-hydrogen) atoms. The molecule has 2 rings (SSSR count). The van der Waals surface area contributed by atoms with Gasteiger partial charge < -0.3 is 10.1 Å². The Morgan fingerprint density at radius 2 is 2.10 bits per heavy atom. The molecule has 116 valence electrons. The number of amides is 1. The minimum Gasteiger partial charge on any atom is -0.376 e. The van der Waals surface area contributed by atoms with Crippen LogP contribution in [0.4, 0.5) is 0 Å². The van der Waals surface area contributed by atoms with Gasteiger partial charge in [0.05, 0.1) is 28.3 Å². The molecule has 1 saturated carbocycles. The van der Waals surface area contributed by atoms with Gasteiger partial charge in [0.1, 0.15) is 0 Å². The highest BCUT2D eigenvalue weighted by Gasteiger charge is 2.21. The first-order chi connectivity index (χ1) is 10.1. The SMILES string of the molecule is C[C@@H]1CCCC[C@H]1OCCNC(=O)c1cccc(Cl)c1Cl. The van der Waals surface area contributed by atoms with Crippen LogP contribution < -0.4 is 5.32 Å². The molecule has 0 radical (unpaired) electrons. The lowest BCUT2D eigenvalue weighted by atomic mass is 9.88. The molecule has 1 fully saturated rings. The molecule has 1 aromatic rings. The fraction of sp³-hybridized carbons (Fsp3) is 0.562. The van der Waals surface area contributed by atoms with Crippen LogP contribution >= 0.6 is 23.2 Å². The predicted molar refractivity (Wildman–Crippen MR) is 86.2 cm³/mol. The van der Waals surface area contributed by atoms with Crippen molar-refractivity contribution in [3.05, 3.63) is 33.8 Å². The van der Waals surface area contributed by atoms with Crippen molar-refractivity contribution in [2.24, 2.45) is 5.92 Å². The van der Waals surface area contributed by atoms with E-state index in [0.717, 1.165) is 6.42 Å². The van der Waals surface area contributed by atoms with Gasteiger partial charge in [-0.25, -0.2) is 0 Å². The molecule has 1 N–H and O–H groups in total. The van der Waals surface area contributed by atoms with Crippen molar-refractivity contribution in [2.45, 2.75) is 38.7 Å². The Morgan fingerprint density at radius 1 is 1.33 bits per heavy atom. The Balaban J connectivity index is 1.75. The van der Waals surface area contributed by atoms with Crippen molar-refractivity contribution in [3.63, 3.8) is 0 Å². The maximum Gasteiger partial charge on any atom is 0.252 e. The Bertz CT molecular complexity index is 493. The Labute approximate surface area is 136 Å². The second-order valence-corrected chi connectivity index (χ2v) is 6.31. The molecule has 1 aliphatic rings. The average molecular weight is 330 g/mol. The van der Waals surface area contributed by atoms with Gasteiger partial charge in [-0.05, 0) is 30.9 Å². The molecular formula is C16H21Cl2NO2. The smallest absolute Gasteiger partial charge is 0.252 e. The van der Waals surface area contributed by atoms with E-state index < -0.39 is 0 Å². The number of ether oxygens (including phenoxy) is 1. The lowest BCUT2D eigenvalue weighted by molar-refractivity contribution is -0.00293. The van der Waals surface area contributed by atoms with Crippen LogP contribution in [-0.2, 0) is 4.74 Å². The summed E-state index contributed by atoms with van der Waals surface area (Å²) < 4.78 is 5.86. The maximum atomic E-state index is 12.0. The van der Waals surface area contributed by atoms with E-state index in [9.17, 15) is 4.79 Å². The van der Waals surface area contributed by atoms with Crippen molar-refractivity contribution < 1.29 is 9.53 Å². The largest absolute Gasteiger partial charge is 0.376 e. The summed E-state index contributed by atoms with van der Waals surface area (Å²) in [6.07, 6.45) is 5.21.